The van der Waals surface area contributed by atoms with Gasteiger partial charge in [0.2, 0.25) is 5.91 Å². The van der Waals surface area contributed by atoms with Crippen molar-refractivity contribution in [2.45, 2.75) is 6.92 Å². The number of hydrogen-bond acceptors (Lipinski definition) is 5. The Bertz CT molecular complexity index is 1570. The molecule has 5 nitrogen and oxygen atoms in total. The molecule has 0 fully saturated rings. The van der Waals surface area contributed by atoms with Crippen molar-refractivity contribution in [1.29, 1.82) is 0 Å². The summed E-state index contributed by atoms with van der Waals surface area (Å²) in [4.78, 5) is 29.8. The molecule has 0 radical (unpaired) electrons. The summed E-state index contributed by atoms with van der Waals surface area (Å²) in [5.74, 6) is -0.337. The van der Waals surface area contributed by atoms with Crippen LogP contribution >= 0.6 is 11.3 Å². The van der Waals surface area contributed by atoms with Crippen molar-refractivity contribution in [2.75, 3.05) is 5.32 Å². The van der Waals surface area contributed by atoms with Gasteiger partial charge in [0.15, 0.2) is 5.43 Å². The van der Waals surface area contributed by atoms with Gasteiger partial charge in [-0.25, -0.2) is 4.98 Å². The van der Waals surface area contributed by atoms with Crippen LogP contribution in [-0.4, -0.2) is 10.9 Å². The van der Waals surface area contributed by atoms with E-state index < -0.39 is 0 Å². The molecule has 166 valence electrons. The molecule has 6 heteroatoms. The second kappa shape index (κ2) is 9.29. The quantitative estimate of drug-likeness (QED) is 0.300. The molecule has 2 aromatic heterocycles. The van der Waals surface area contributed by atoms with Gasteiger partial charge in [-0.1, -0.05) is 54.1 Å². The number of hydrogen-bond donors (Lipinski definition) is 1. The van der Waals surface area contributed by atoms with Crippen molar-refractivity contribution >= 4 is 40.0 Å². The fourth-order valence-electron chi connectivity index (χ4n) is 3.57. The highest BCUT2D eigenvalue weighted by molar-refractivity contribution is 7.13. The summed E-state index contributed by atoms with van der Waals surface area (Å²) < 4.78 is 5.53. The van der Waals surface area contributed by atoms with Gasteiger partial charge in [0.05, 0.1) is 16.6 Å². The molecule has 0 aliphatic heterocycles. The van der Waals surface area contributed by atoms with E-state index in [9.17, 15) is 9.59 Å². The van der Waals surface area contributed by atoms with E-state index in [2.05, 4.69) is 5.32 Å². The molecule has 0 aliphatic carbocycles. The van der Waals surface area contributed by atoms with Crippen molar-refractivity contribution in [3.63, 3.8) is 0 Å². The number of fused-ring (bicyclic) bond motifs is 1. The molecule has 0 bridgehead atoms. The van der Waals surface area contributed by atoms with Gasteiger partial charge < -0.3 is 9.73 Å². The van der Waals surface area contributed by atoms with E-state index in [1.54, 1.807) is 23.5 Å². The fraction of sp³-hybridized carbons (Fsp3) is 0.0357. The van der Waals surface area contributed by atoms with Crippen LogP contribution in [0.2, 0.25) is 0 Å². The lowest BCUT2D eigenvalue weighted by Gasteiger charge is -2.04. The number of amides is 1. The molecule has 0 atom stereocenters. The maximum atomic E-state index is 12.7. The number of aryl methyl sites for hydroxylation is 1. The van der Waals surface area contributed by atoms with Crippen LogP contribution in [0.25, 0.3) is 38.9 Å². The van der Waals surface area contributed by atoms with Crippen LogP contribution in [0.15, 0.2) is 99.7 Å². The second-order valence-corrected chi connectivity index (χ2v) is 8.68. The largest absolute Gasteiger partial charge is 0.463 e. The number of nitrogens with zero attached hydrogens (tertiary/aromatic N) is 1. The molecule has 1 amide bonds. The number of nitrogens with one attached hydrogen (secondary N) is 1. The maximum Gasteiger partial charge on any atom is 0.248 e. The van der Waals surface area contributed by atoms with Gasteiger partial charge in [-0.2, -0.15) is 0 Å². The molecule has 3 aromatic carbocycles. The number of carbonyl (C=O) groups is 1. The van der Waals surface area contributed by atoms with E-state index in [-0.39, 0.29) is 11.3 Å². The highest BCUT2D eigenvalue weighted by Crippen LogP contribution is 2.29. The second-order valence-electron chi connectivity index (χ2n) is 7.82. The van der Waals surface area contributed by atoms with Crippen LogP contribution < -0.4 is 10.7 Å². The molecule has 34 heavy (non-hydrogen) atoms. The normalized spacial score (nSPS) is 11.2. The van der Waals surface area contributed by atoms with Crippen LogP contribution in [0, 0.1) is 6.92 Å². The van der Waals surface area contributed by atoms with Gasteiger partial charge in [0, 0.05) is 28.3 Å². The average Bonchev–Trinajstić information content (AvgIpc) is 3.35. The number of carbonyl (C=O) groups excluding carboxylic acids is 1. The summed E-state index contributed by atoms with van der Waals surface area (Å²) in [6.07, 6.45) is 4.17. The fourth-order valence-corrected chi connectivity index (χ4v) is 4.40. The van der Waals surface area contributed by atoms with E-state index in [1.807, 2.05) is 73.0 Å². The van der Waals surface area contributed by atoms with Crippen molar-refractivity contribution in [3.8, 4) is 21.8 Å². The van der Waals surface area contributed by atoms with E-state index in [0.717, 1.165) is 27.4 Å². The molecule has 5 aromatic rings. The third-order valence-corrected chi connectivity index (χ3v) is 6.23. The zero-order valence-electron chi connectivity index (χ0n) is 18.3. The molecule has 0 unspecified atom stereocenters. The lowest BCUT2D eigenvalue weighted by molar-refractivity contribution is -0.111. The molecule has 2 heterocycles. The van der Waals surface area contributed by atoms with Crippen molar-refractivity contribution in [3.05, 3.63) is 112 Å². The van der Waals surface area contributed by atoms with Gasteiger partial charge >= 0.3 is 0 Å². The van der Waals surface area contributed by atoms with Crippen LogP contribution in [0.1, 0.15) is 11.1 Å². The topological polar surface area (TPSA) is 72.2 Å². The lowest BCUT2D eigenvalue weighted by Crippen LogP contribution is -2.09. The van der Waals surface area contributed by atoms with E-state index >= 15 is 0 Å². The third kappa shape index (κ3) is 4.58. The van der Waals surface area contributed by atoms with Crippen LogP contribution in [0.4, 0.5) is 5.69 Å². The van der Waals surface area contributed by atoms with Crippen molar-refractivity contribution < 1.29 is 9.21 Å². The molecule has 0 saturated heterocycles. The van der Waals surface area contributed by atoms with Crippen molar-refractivity contribution in [1.82, 2.24) is 4.98 Å². The number of aromatic nitrogens is 1. The lowest BCUT2D eigenvalue weighted by atomic mass is 10.1. The average molecular weight is 465 g/mol. The highest BCUT2D eigenvalue weighted by atomic mass is 32.1. The summed E-state index contributed by atoms with van der Waals surface area (Å²) in [7, 11) is 0. The first-order valence-corrected chi connectivity index (χ1v) is 11.6. The van der Waals surface area contributed by atoms with Crippen LogP contribution in [-0.2, 0) is 4.79 Å². The molecule has 0 saturated carbocycles. The summed E-state index contributed by atoms with van der Waals surface area (Å²) >= 11 is 1.60. The third-order valence-electron chi connectivity index (χ3n) is 5.34. The number of anilines is 1. The molecule has 0 aliphatic rings. The van der Waals surface area contributed by atoms with Gasteiger partial charge in [-0.15, -0.1) is 11.3 Å². The first-order chi connectivity index (χ1) is 16.6. The van der Waals surface area contributed by atoms with Gasteiger partial charge in [-0.3, -0.25) is 9.59 Å². The minimum atomic E-state index is -0.337. The van der Waals surface area contributed by atoms with Crippen LogP contribution in [0.5, 0.6) is 0 Å². The Balaban J connectivity index is 1.27. The monoisotopic (exact) mass is 464 g/mol. The van der Waals surface area contributed by atoms with E-state index in [1.165, 1.54) is 18.4 Å². The summed E-state index contributed by atoms with van der Waals surface area (Å²) in [5.41, 5.74) is 5.24. The molecule has 0 spiro atoms. The Morgan fingerprint density at radius 3 is 2.59 bits per heavy atom. The minimum Gasteiger partial charge on any atom is -0.463 e. The molecule has 5 rings (SSSR count). The zero-order chi connectivity index (χ0) is 23.5. The zero-order valence-corrected chi connectivity index (χ0v) is 19.1. The van der Waals surface area contributed by atoms with E-state index in [0.29, 0.717) is 22.2 Å². The maximum absolute atomic E-state index is 12.7. The standard InChI is InChI=1S/C28H20N2O3S/c1-18-7-13-25-23(15-18)27(32)21(16-33-25)10-14-26(31)29-22-11-8-19(9-12-22)24-17-34-28(30-24)20-5-3-2-4-6-20/h2-17H,1H3,(H,29,31)/b14-10+. The summed E-state index contributed by atoms with van der Waals surface area (Å²) in [6, 6.07) is 23.0. The smallest absolute Gasteiger partial charge is 0.248 e. The Kier molecular flexibility index (Phi) is 5.89. The SMILES string of the molecule is Cc1ccc2occ(/C=C/C(=O)Nc3ccc(-c4csc(-c5ccccc5)n4)cc3)c(=O)c2c1. The van der Waals surface area contributed by atoms with Gasteiger partial charge in [0.1, 0.15) is 16.9 Å². The summed E-state index contributed by atoms with van der Waals surface area (Å²) in [6.45, 7) is 1.91. The predicted octanol–water partition coefficient (Wildman–Crippen LogP) is 6.54. The molecule has 1 N–H and O–H groups in total. The van der Waals surface area contributed by atoms with Crippen LogP contribution in [0.3, 0.4) is 0 Å². The Morgan fingerprint density at radius 1 is 1.00 bits per heavy atom. The first kappa shape index (κ1) is 21.6. The highest BCUT2D eigenvalue weighted by Gasteiger charge is 2.08. The molecular weight excluding hydrogens is 444 g/mol. The number of rotatable bonds is 5. The summed E-state index contributed by atoms with van der Waals surface area (Å²) in [5, 5.41) is 6.29. The first-order valence-electron chi connectivity index (χ1n) is 10.7. The predicted molar refractivity (Wildman–Crippen MR) is 138 cm³/mol. The van der Waals surface area contributed by atoms with E-state index in [4.69, 9.17) is 9.40 Å². The Morgan fingerprint density at radius 2 is 1.79 bits per heavy atom. The molecular formula is C28H20N2O3S. The Hall–Kier alpha value is -4.29. The number of benzene rings is 3. The van der Waals surface area contributed by atoms with Gasteiger partial charge in [0.25, 0.3) is 0 Å². The van der Waals surface area contributed by atoms with Gasteiger partial charge in [-0.05, 0) is 37.3 Å². The Labute approximate surface area is 200 Å². The minimum absolute atomic E-state index is 0.170. The number of thiazole rings is 1. The van der Waals surface area contributed by atoms with Crippen molar-refractivity contribution in [2.24, 2.45) is 0 Å².